The lowest BCUT2D eigenvalue weighted by Gasteiger charge is -2.23. The summed E-state index contributed by atoms with van der Waals surface area (Å²) in [7, 11) is 0. The molecule has 1 aromatic rings. The van der Waals surface area contributed by atoms with Crippen molar-refractivity contribution in [2.24, 2.45) is 0 Å². The second-order valence-electron chi connectivity index (χ2n) is 4.80. The average Bonchev–Trinajstić information content (AvgIpc) is 2.47. The van der Waals surface area contributed by atoms with Crippen molar-refractivity contribution in [3.63, 3.8) is 0 Å². The zero-order chi connectivity index (χ0) is 15.9. The zero-order valence-corrected chi connectivity index (χ0v) is 13.0. The summed E-state index contributed by atoms with van der Waals surface area (Å²) < 4.78 is 47.7. The number of alkyl halides is 2. The van der Waals surface area contributed by atoms with Crippen molar-refractivity contribution in [2.45, 2.75) is 25.6 Å². The Hall–Kier alpha value is -1.51. The van der Waals surface area contributed by atoms with Crippen LogP contribution in [0.15, 0.2) is 18.2 Å². The van der Waals surface area contributed by atoms with Gasteiger partial charge in [-0.2, -0.15) is 8.78 Å². The topological polar surface area (TPSA) is 59.6 Å². The molecule has 130 valence electrons. The minimum absolute atomic E-state index is 0. The van der Waals surface area contributed by atoms with E-state index in [1.807, 2.05) is 0 Å². The molecule has 1 saturated heterocycles. The molecule has 5 nitrogen and oxygen atoms in total. The van der Waals surface area contributed by atoms with E-state index in [-0.39, 0.29) is 48.6 Å². The van der Waals surface area contributed by atoms with Gasteiger partial charge in [0.2, 0.25) is 5.91 Å². The molecule has 0 bridgehead atoms. The molecule has 2 N–H and O–H groups in total. The third kappa shape index (κ3) is 6.25. The molecule has 1 unspecified atom stereocenters. The van der Waals surface area contributed by atoms with Crippen LogP contribution in [0.5, 0.6) is 5.75 Å². The van der Waals surface area contributed by atoms with Gasteiger partial charge in [-0.3, -0.25) is 4.79 Å². The lowest BCUT2D eigenvalue weighted by atomic mass is 10.1. The number of carbonyl (C=O) groups is 1. The predicted molar refractivity (Wildman–Crippen MR) is 79.4 cm³/mol. The first-order valence-electron chi connectivity index (χ1n) is 6.86. The van der Waals surface area contributed by atoms with Crippen LogP contribution in [0, 0.1) is 5.82 Å². The molecule has 0 saturated carbocycles. The van der Waals surface area contributed by atoms with E-state index >= 15 is 0 Å². The number of benzene rings is 1. The Bertz CT molecular complexity index is 514. The van der Waals surface area contributed by atoms with Crippen LogP contribution < -0.4 is 15.4 Å². The van der Waals surface area contributed by atoms with Gasteiger partial charge in [0, 0.05) is 31.1 Å². The molecule has 0 radical (unpaired) electrons. The summed E-state index contributed by atoms with van der Waals surface area (Å²) in [5.41, 5.74) is -0.107. The lowest BCUT2D eigenvalue weighted by Crippen LogP contribution is -2.44. The normalized spacial score (nSPS) is 17.5. The molecule has 1 heterocycles. The Morgan fingerprint density at radius 1 is 1.48 bits per heavy atom. The van der Waals surface area contributed by atoms with Gasteiger partial charge in [0.25, 0.3) is 0 Å². The highest BCUT2D eigenvalue weighted by atomic mass is 35.5. The second-order valence-corrected chi connectivity index (χ2v) is 4.80. The number of carbonyl (C=O) groups excluding carboxylic acids is 1. The fraction of sp³-hybridized carbons (Fsp3) is 0.500. The number of nitrogens with one attached hydrogen (secondary N) is 2. The quantitative estimate of drug-likeness (QED) is 0.818. The van der Waals surface area contributed by atoms with Gasteiger partial charge in [-0.1, -0.05) is 6.07 Å². The first-order valence-corrected chi connectivity index (χ1v) is 6.86. The van der Waals surface area contributed by atoms with Crippen LogP contribution in [0.3, 0.4) is 0 Å². The monoisotopic (exact) mass is 354 g/mol. The van der Waals surface area contributed by atoms with Crippen LogP contribution in [-0.2, 0) is 16.1 Å². The maximum atomic E-state index is 13.7. The first-order chi connectivity index (χ1) is 10.6. The fourth-order valence-electron chi connectivity index (χ4n) is 2.15. The van der Waals surface area contributed by atoms with Crippen LogP contribution in [0.4, 0.5) is 13.2 Å². The number of ether oxygens (including phenoxy) is 2. The largest absolute Gasteiger partial charge is 0.434 e. The number of amides is 1. The molecular weight excluding hydrogens is 337 g/mol. The smallest absolute Gasteiger partial charge is 0.387 e. The van der Waals surface area contributed by atoms with Gasteiger partial charge >= 0.3 is 6.61 Å². The van der Waals surface area contributed by atoms with Crippen molar-refractivity contribution >= 4 is 18.3 Å². The molecule has 1 aliphatic rings. The Balaban J connectivity index is 0.00000264. The van der Waals surface area contributed by atoms with E-state index in [0.29, 0.717) is 19.8 Å². The fourth-order valence-corrected chi connectivity index (χ4v) is 2.15. The molecule has 9 heteroatoms. The Morgan fingerprint density at radius 2 is 2.26 bits per heavy atom. The average molecular weight is 355 g/mol. The summed E-state index contributed by atoms with van der Waals surface area (Å²) in [6.45, 7) is -1.59. The number of halogens is 4. The number of rotatable bonds is 6. The Morgan fingerprint density at radius 3 is 2.91 bits per heavy atom. The highest BCUT2D eigenvalue weighted by Gasteiger charge is 2.18. The van der Waals surface area contributed by atoms with Crippen molar-refractivity contribution in [1.82, 2.24) is 10.6 Å². The van der Waals surface area contributed by atoms with Gasteiger partial charge in [-0.25, -0.2) is 4.39 Å². The van der Waals surface area contributed by atoms with Gasteiger partial charge in [0.05, 0.1) is 13.2 Å². The van der Waals surface area contributed by atoms with Crippen LogP contribution >= 0.6 is 12.4 Å². The van der Waals surface area contributed by atoms with Crippen molar-refractivity contribution in [3.05, 3.63) is 29.6 Å². The highest BCUT2D eigenvalue weighted by molar-refractivity contribution is 5.85. The number of morpholine rings is 1. The molecule has 1 fully saturated rings. The van der Waals surface area contributed by atoms with Crippen LogP contribution in [0.2, 0.25) is 0 Å². The summed E-state index contributed by atoms with van der Waals surface area (Å²) in [5.74, 6) is -1.32. The molecule has 2 rings (SSSR count). The first kappa shape index (κ1) is 19.5. The molecule has 1 amide bonds. The van der Waals surface area contributed by atoms with E-state index < -0.39 is 12.4 Å². The standard InChI is InChI=1S/C14H17F3N2O3.ClH/c15-11-2-1-3-12(22-14(16)17)10(11)7-19-13(20)6-9-8-21-5-4-18-9;/h1-3,9,14,18H,4-8H2,(H,19,20);1H. The van der Waals surface area contributed by atoms with Gasteiger partial charge in [0.15, 0.2) is 0 Å². The second kappa shape index (κ2) is 9.59. The minimum atomic E-state index is -3.06. The summed E-state index contributed by atoms with van der Waals surface area (Å²) in [6, 6.07) is 3.51. The van der Waals surface area contributed by atoms with Gasteiger partial charge in [-0.15, -0.1) is 12.4 Å². The van der Waals surface area contributed by atoms with Crippen LogP contribution in [0.25, 0.3) is 0 Å². The summed E-state index contributed by atoms with van der Waals surface area (Å²) in [5, 5.41) is 5.61. The van der Waals surface area contributed by atoms with Gasteiger partial charge in [0.1, 0.15) is 11.6 Å². The van der Waals surface area contributed by atoms with Crippen LogP contribution in [-0.4, -0.2) is 38.3 Å². The Kier molecular flexibility index (Phi) is 8.15. The molecule has 0 spiro atoms. The zero-order valence-electron chi connectivity index (χ0n) is 12.2. The van der Waals surface area contributed by atoms with Crippen molar-refractivity contribution in [2.75, 3.05) is 19.8 Å². The molecule has 0 aliphatic carbocycles. The Labute approximate surface area is 137 Å². The molecule has 23 heavy (non-hydrogen) atoms. The molecule has 1 aromatic carbocycles. The summed E-state index contributed by atoms with van der Waals surface area (Å²) in [4.78, 5) is 11.8. The molecular formula is C14H18ClF3N2O3. The van der Waals surface area contributed by atoms with Gasteiger partial charge < -0.3 is 20.1 Å². The van der Waals surface area contributed by atoms with Crippen molar-refractivity contribution < 1.29 is 27.4 Å². The number of hydrogen-bond donors (Lipinski definition) is 2. The highest BCUT2D eigenvalue weighted by Crippen LogP contribution is 2.23. The van der Waals surface area contributed by atoms with E-state index in [0.717, 1.165) is 6.07 Å². The lowest BCUT2D eigenvalue weighted by molar-refractivity contribution is -0.122. The maximum absolute atomic E-state index is 13.7. The SMILES string of the molecule is Cl.O=C(CC1COCCN1)NCc1c(F)cccc1OC(F)F. The van der Waals surface area contributed by atoms with E-state index in [2.05, 4.69) is 15.4 Å². The third-order valence-corrected chi connectivity index (χ3v) is 3.18. The molecule has 0 aromatic heterocycles. The van der Waals surface area contributed by atoms with E-state index in [1.54, 1.807) is 0 Å². The van der Waals surface area contributed by atoms with E-state index in [1.165, 1.54) is 12.1 Å². The van der Waals surface area contributed by atoms with Crippen molar-refractivity contribution in [1.29, 1.82) is 0 Å². The summed E-state index contributed by atoms with van der Waals surface area (Å²) in [6.07, 6.45) is 0.166. The maximum Gasteiger partial charge on any atom is 0.387 e. The van der Waals surface area contributed by atoms with Gasteiger partial charge in [-0.05, 0) is 12.1 Å². The van der Waals surface area contributed by atoms with Crippen molar-refractivity contribution in [3.8, 4) is 5.75 Å². The molecule has 1 atom stereocenters. The van der Waals surface area contributed by atoms with E-state index in [9.17, 15) is 18.0 Å². The minimum Gasteiger partial charge on any atom is -0.434 e. The summed E-state index contributed by atoms with van der Waals surface area (Å²) >= 11 is 0. The number of hydrogen-bond acceptors (Lipinski definition) is 4. The van der Waals surface area contributed by atoms with E-state index in [4.69, 9.17) is 4.74 Å². The molecule has 1 aliphatic heterocycles. The van der Waals surface area contributed by atoms with Crippen LogP contribution in [0.1, 0.15) is 12.0 Å². The predicted octanol–water partition coefficient (Wildman–Crippen LogP) is 1.84. The third-order valence-electron chi connectivity index (χ3n) is 3.18.